The minimum Gasteiger partial charge on any atom is -0.474 e. The zero-order valence-corrected chi connectivity index (χ0v) is 10.5. The lowest BCUT2D eigenvalue weighted by molar-refractivity contribution is -0.150. The van der Waals surface area contributed by atoms with Crippen molar-refractivity contribution in [3.05, 3.63) is 0 Å². The van der Waals surface area contributed by atoms with Crippen molar-refractivity contribution in [3.8, 4) is 0 Å². The van der Waals surface area contributed by atoms with Gasteiger partial charge in [0, 0.05) is 32.1 Å². The third kappa shape index (κ3) is 3.43. The van der Waals surface area contributed by atoms with E-state index in [9.17, 15) is 14.4 Å². The first-order valence-electron chi connectivity index (χ1n) is 5.83. The van der Waals surface area contributed by atoms with Gasteiger partial charge in [-0.3, -0.25) is 9.59 Å². The molecule has 0 spiro atoms. The SMILES string of the molecule is CN(C)C(=O)[C@H]1CC[C@H](NC(=O)C(=O)O)[C@H](N)C1. The predicted molar refractivity (Wildman–Crippen MR) is 63.6 cm³/mol. The first-order valence-corrected chi connectivity index (χ1v) is 5.83. The predicted octanol–water partition coefficient (Wildman–Crippen LogP) is -1.23. The number of aliphatic carboxylic acids is 1. The van der Waals surface area contributed by atoms with Gasteiger partial charge in [0.05, 0.1) is 0 Å². The molecule has 1 aliphatic rings. The summed E-state index contributed by atoms with van der Waals surface area (Å²) >= 11 is 0. The monoisotopic (exact) mass is 257 g/mol. The molecule has 1 fully saturated rings. The molecule has 1 saturated carbocycles. The Bertz CT molecular complexity index is 356. The molecule has 18 heavy (non-hydrogen) atoms. The molecule has 1 aliphatic carbocycles. The average Bonchev–Trinajstić information content (AvgIpc) is 2.30. The maximum absolute atomic E-state index is 11.8. The van der Waals surface area contributed by atoms with Crippen LogP contribution in [0.15, 0.2) is 0 Å². The molecule has 0 aromatic rings. The van der Waals surface area contributed by atoms with Crippen molar-refractivity contribution >= 4 is 17.8 Å². The number of carbonyl (C=O) groups excluding carboxylic acids is 2. The second-order valence-corrected chi connectivity index (χ2v) is 4.79. The first-order chi connectivity index (χ1) is 8.32. The fraction of sp³-hybridized carbons (Fsp3) is 0.727. The van der Waals surface area contributed by atoms with Crippen LogP contribution in [0.4, 0.5) is 0 Å². The first kappa shape index (κ1) is 14.4. The molecule has 0 unspecified atom stereocenters. The molecule has 0 heterocycles. The maximum Gasteiger partial charge on any atom is 0.394 e. The topological polar surface area (TPSA) is 113 Å². The standard InChI is InChI=1S/C11H19N3O4/c1-14(2)10(16)6-3-4-8(7(12)5-6)13-9(15)11(17)18/h6-8H,3-5,12H2,1-2H3,(H,13,15)(H,17,18)/t6-,7+,8-/m0/s1. The molecule has 4 N–H and O–H groups in total. The van der Waals surface area contributed by atoms with Gasteiger partial charge in [-0.15, -0.1) is 0 Å². The third-order valence-electron chi connectivity index (χ3n) is 3.20. The fourth-order valence-corrected chi connectivity index (χ4v) is 2.20. The highest BCUT2D eigenvalue weighted by atomic mass is 16.4. The Labute approximate surface area is 105 Å². The molecule has 0 radical (unpaired) electrons. The minimum atomic E-state index is -1.52. The zero-order valence-electron chi connectivity index (χ0n) is 10.5. The second-order valence-electron chi connectivity index (χ2n) is 4.79. The molecule has 0 bridgehead atoms. The largest absolute Gasteiger partial charge is 0.474 e. The molecule has 3 atom stereocenters. The molecule has 7 heteroatoms. The lowest BCUT2D eigenvalue weighted by atomic mass is 9.82. The van der Waals surface area contributed by atoms with E-state index in [-0.39, 0.29) is 17.9 Å². The summed E-state index contributed by atoms with van der Waals surface area (Å²) in [7, 11) is 3.37. The van der Waals surface area contributed by atoms with Gasteiger partial charge in [-0.05, 0) is 19.3 Å². The molecular weight excluding hydrogens is 238 g/mol. The van der Waals surface area contributed by atoms with Gasteiger partial charge >= 0.3 is 11.9 Å². The Morgan fingerprint density at radius 3 is 2.33 bits per heavy atom. The van der Waals surface area contributed by atoms with E-state index < -0.39 is 17.9 Å². The Kier molecular flexibility index (Phi) is 4.66. The zero-order chi connectivity index (χ0) is 13.9. The van der Waals surface area contributed by atoms with Crippen molar-refractivity contribution in [1.82, 2.24) is 10.2 Å². The molecule has 2 amide bonds. The van der Waals surface area contributed by atoms with Crippen LogP contribution in [-0.4, -0.2) is 54.0 Å². The molecule has 0 aliphatic heterocycles. The van der Waals surface area contributed by atoms with Crippen LogP contribution in [0.1, 0.15) is 19.3 Å². The second kappa shape index (κ2) is 5.81. The lowest BCUT2D eigenvalue weighted by Gasteiger charge is -2.34. The smallest absolute Gasteiger partial charge is 0.394 e. The van der Waals surface area contributed by atoms with Crippen molar-refractivity contribution in [2.45, 2.75) is 31.3 Å². The number of hydrogen-bond acceptors (Lipinski definition) is 4. The van der Waals surface area contributed by atoms with Crippen molar-refractivity contribution in [2.24, 2.45) is 11.7 Å². The molecule has 0 saturated heterocycles. The lowest BCUT2D eigenvalue weighted by Crippen LogP contribution is -2.53. The van der Waals surface area contributed by atoms with Crippen molar-refractivity contribution in [2.75, 3.05) is 14.1 Å². The Morgan fingerprint density at radius 2 is 1.89 bits per heavy atom. The van der Waals surface area contributed by atoms with Gasteiger partial charge in [0.1, 0.15) is 0 Å². The van der Waals surface area contributed by atoms with Crippen LogP contribution in [0.3, 0.4) is 0 Å². The van der Waals surface area contributed by atoms with Crippen LogP contribution in [0.5, 0.6) is 0 Å². The third-order valence-corrected chi connectivity index (χ3v) is 3.20. The van der Waals surface area contributed by atoms with Gasteiger partial charge in [-0.25, -0.2) is 4.79 Å². The van der Waals surface area contributed by atoms with Gasteiger partial charge < -0.3 is 21.1 Å². The number of hydrogen-bond donors (Lipinski definition) is 3. The van der Waals surface area contributed by atoms with E-state index in [4.69, 9.17) is 10.8 Å². The van der Waals surface area contributed by atoms with Crippen molar-refractivity contribution in [3.63, 3.8) is 0 Å². The quantitative estimate of drug-likeness (QED) is 0.536. The summed E-state index contributed by atoms with van der Waals surface area (Å²) in [6.07, 6.45) is 1.58. The summed E-state index contributed by atoms with van der Waals surface area (Å²) in [5.41, 5.74) is 5.88. The van der Waals surface area contributed by atoms with Crippen LogP contribution < -0.4 is 11.1 Å². The Morgan fingerprint density at radius 1 is 1.28 bits per heavy atom. The van der Waals surface area contributed by atoms with Gasteiger partial charge in [-0.2, -0.15) is 0 Å². The van der Waals surface area contributed by atoms with Crippen LogP contribution in [0.2, 0.25) is 0 Å². The van der Waals surface area contributed by atoms with E-state index in [1.54, 1.807) is 14.1 Å². The number of rotatable bonds is 2. The number of nitrogens with zero attached hydrogens (tertiary/aromatic N) is 1. The maximum atomic E-state index is 11.8. The number of carboxylic acid groups (broad SMARTS) is 1. The van der Waals surface area contributed by atoms with E-state index in [2.05, 4.69) is 5.32 Å². The van der Waals surface area contributed by atoms with E-state index in [0.29, 0.717) is 19.3 Å². The molecule has 7 nitrogen and oxygen atoms in total. The summed E-state index contributed by atoms with van der Waals surface area (Å²) in [5.74, 6) is -2.69. The number of amides is 2. The summed E-state index contributed by atoms with van der Waals surface area (Å²) in [6, 6.07) is -0.768. The number of carboxylic acids is 1. The average molecular weight is 257 g/mol. The van der Waals surface area contributed by atoms with Gasteiger partial charge in [0.15, 0.2) is 0 Å². The normalized spacial score (nSPS) is 27.4. The van der Waals surface area contributed by atoms with Crippen molar-refractivity contribution in [1.29, 1.82) is 0 Å². The fourth-order valence-electron chi connectivity index (χ4n) is 2.20. The van der Waals surface area contributed by atoms with Gasteiger partial charge in [0.25, 0.3) is 0 Å². The van der Waals surface area contributed by atoms with Crippen LogP contribution in [0, 0.1) is 5.92 Å². The van der Waals surface area contributed by atoms with Crippen molar-refractivity contribution < 1.29 is 19.5 Å². The van der Waals surface area contributed by atoms with Crippen LogP contribution >= 0.6 is 0 Å². The summed E-state index contributed by atoms with van der Waals surface area (Å²) in [6.45, 7) is 0. The highest BCUT2D eigenvalue weighted by Crippen LogP contribution is 2.25. The molecule has 102 valence electrons. The van der Waals surface area contributed by atoms with E-state index in [0.717, 1.165) is 0 Å². The van der Waals surface area contributed by atoms with Gasteiger partial charge in [-0.1, -0.05) is 0 Å². The number of nitrogens with two attached hydrogens (primary N) is 1. The molecule has 0 aromatic carbocycles. The van der Waals surface area contributed by atoms with E-state index >= 15 is 0 Å². The summed E-state index contributed by atoms with van der Waals surface area (Å²) in [5, 5.41) is 10.9. The highest BCUT2D eigenvalue weighted by molar-refractivity contribution is 6.31. The highest BCUT2D eigenvalue weighted by Gasteiger charge is 2.34. The van der Waals surface area contributed by atoms with Gasteiger partial charge in [0.2, 0.25) is 5.91 Å². The van der Waals surface area contributed by atoms with E-state index in [1.807, 2.05) is 0 Å². The minimum absolute atomic E-state index is 0.0217. The number of nitrogens with one attached hydrogen (secondary N) is 1. The van der Waals surface area contributed by atoms with E-state index in [1.165, 1.54) is 4.90 Å². The summed E-state index contributed by atoms with van der Waals surface area (Å²) in [4.78, 5) is 34.8. The molecular formula is C11H19N3O4. The Balaban J connectivity index is 2.54. The molecule has 1 rings (SSSR count). The molecule has 0 aromatic heterocycles. The summed E-state index contributed by atoms with van der Waals surface area (Å²) < 4.78 is 0. The Hall–Kier alpha value is -1.63. The van der Waals surface area contributed by atoms with Crippen LogP contribution in [0.25, 0.3) is 0 Å². The van der Waals surface area contributed by atoms with Crippen LogP contribution in [-0.2, 0) is 14.4 Å². The number of carbonyl (C=O) groups is 3.